The van der Waals surface area contributed by atoms with E-state index in [1.807, 2.05) is 12.1 Å². The monoisotopic (exact) mass is 606 g/mol. The highest BCUT2D eigenvalue weighted by molar-refractivity contribution is 6.76. The first-order chi connectivity index (χ1) is 20.6. The van der Waals surface area contributed by atoms with Gasteiger partial charge in [-0.1, -0.05) is 56.0 Å². The van der Waals surface area contributed by atoms with Crippen molar-refractivity contribution in [3.63, 3.8) is 0 Å². The fourth-order valence-corrected chi connectivity index (χ4v) is 6.18. The van der Waals surface area contributed by atoms with Crippen LogP contribution in [0.25, 0.3) is 33.4 Å². The van der Waals surface area contributed by atoms with Gasteiger partial charge in [-0.05, 0) is 29.3 Å². The first kappa shape index (κ1) is 29.5. The van der Waals surface area contributed by atoms with Gasteiger partial charge in [-0.15, -0.1) is 0 Å². The summed E-state index contributed by atoms with van der Waals surface area (Å²) in [4.78, 5) is 15.9. The van der Waals surface area contributed by atoms with Crippen LogP contribution in [0.1, 0.15) is 10.4 Å². The fourth-order valence-electron chi connectivity index (χ4n) is 5.42. The maximum Gasteiger partial charge on any atom is 0.335 e. The zero-order chi connectivity index (χ0) is 30.3. The fraction of sp³-hybridized carbons (Fsp3) is 0.375. The van der Waals surface area contributed by atoms with Crippen LogP contribution in [-0.2, 0) is 20.9 Å². The maximum absolute atomic E-state index is 15.6. The van der Waals surface area contributed by atoms with E-state index in [9.17, 15) is 9.90 Å². The van der Waals surface area contributed by atoms with Crippen LogP contribution in [0.2, 0.25) is 25.7 Å². The number of hydrogen-bond acceptors (Lipinski definition) is 7. The molecule has 2 fully saturated rings. The number of ether oxygens (including phenoxy) is 4. The molecule has 43 heavy (non-hydrogen) atoms. The third kappa shape index (κ3) is 6.22. The number of aliphatic hydroxyl groups excluding tert-OH is 1. The van der Waals surface area contributed by atoms with E-state index in [0.717, 1.165) is 17.2 Å². The Hall–Kier alpha value is -3.61. The van der Waals surface area contributed by atoms with Gasteiger partial charge in [0.2, 0.25) is 0 Å². The smallest absolute Gasteiger partial charge is 0.335 e. The van der Waals surface area contributed by atoms with Crippen LogP contribution in [0.5, 0.6) is 5.88 Å². The summed E-state index contributed by atoms with van der Waals surface area (Å²) in [6, 6.07) is 18.1. The Morgan fingerprint density at radius 2 is 1.65 bits per heavy atom. The highest BCUT2D eigenvalue weighted by atomic mass is 28.3. The number of pyridine rings is 1. The lowest BCUT2D eigenvalue weighted by Gasteiger charge is -2.20. The largest absolute Gasteiger partial charge is 0.478 e. The number of halogens is 1. The number of rotatable bonds is 10. The molecule has 2 aromatic carbocycles. The van der Waals surface area contributed by atoms with Gasteiger partial charge in [0.25, 0.3) is 0 Å². The Morgan fingerprint density at radius 3 is 2.33 bits per heavy atom. The second-order valence-electron chi connectivity index (χ2n) is 12.3. The van der Waals surface area contributed by atoms with E-state index in [0.29, 0.717) is 29.1 Å². The quantitative estimate of drug-likeness (QED) is 0.182. The molecule has 2 N–H and O–H groups in total. The zero-order valence-corrected chi connectivity index (χ0v) is 25.3. The van der Waals surface area contributed by atoms with Gasteiger partial charge in [-0.2, -0.15) is 0 Å². The van der Waals surface area contributed by atoms with Gasteiger partial charge in [0, 0.05) is 32.4 Å². The van der Waals surface area contributed by atoms with Gasteiger partial charge in [-0.3, -0.25) is 4.57 Å². The van der Waals surface area contributed by atoms with Gasteiger partial charge in [0.05, 0.1) is 29.8 Å². The molecule has 0 amide bonds. The summed E-state index contributed by atoms with van der Waals surface area (Å²) in [7, 11) is -1.30. The van der Waals surface area contributed by atoms with E-state index in [-0.39, 0.29) is 31.2 Å². The Balaban J connectivity index is 1.29. The second kappa shape index (κ2) is 11.8. The number of aromatic carboxylic acids is 1. The van der Waals surface area contributed by atoms with Crippen LogP contribution >= 0.6 is 0 Å². The summed E-state index contributed by atoms with van der Waals surface area (Å²) in [6.45, 7) is 8.06. The van der Waals surface area contributed by atoms with Crippen LogP contribution in [0, 0.1) is 5.82 Å². The van der Waals surface area contributed by atoms with E-state index >= 15 is 4.39 Å². The topological polar surface area (TPSA) is 112 Å². The van der Waals surface area contributed by atoms with Gasteiger partial charge in [-0.25, -0.2) is 14.2 Å². The first-order valence-corrected chi connectivity index (χ1v) is 18.1. The van der Waals surface area contributed by atoms with Crippen LogP contribution in [0.15, 0.2) is 60.7 Å². The molecule has 6 rings (SSSR count). The molecular formula is C32H35FN2O7Si. The molecule has 11 heteroatoms. The number of aliphatic hydroxyl groups is 1. The summed E-state index contributed by atoms with van der Waals surface area (Å²) < 4.78 is 41.3. The minimum Gasteiger partial charge on any atom is -0.478 e. The van der Waals surface area contributed by atoms with Crippen molar-refractivity contribution in [2.24, 2.45) is 0 Å². The molecule has 0 spiro atoms. The molecular weight excluding hydrogens is 571 g/mol. The van der Waals surface area contributed by atoms with Crippen LogP contribution in [-0.4, -0.2) is 78.0 Å². The summed E-state index contributed by atoms with van der Waals surface area (Å²) in [6.07, 6.45) is -1.96. The predicted octanol–water partition coefficient (Wildman–Crippen LogP) is 5.43. The normalized spacial score (nSPS) is 21.8. The summed E-state index contributed by atoms with van der Waals surface area (Å²) >= 11 is 0. The Bertz CT molecular complexity index is 1620. The van der Waals surface area contributed by atoms with Crippen molar-refractivity contribution in [1.29, 1.82) is 0 Å². The highest BCUT2D eigenvalue weighted by Gasteiger charge is 2.48. The average Bonchev–Trinajstić information content (AvgIpc) is 3.65. The molecule has 9 nitrogen and oxygen atoms in total. The molecule has 4 heterocycles. The van der Waals surface area contributed by atoms with Crippen molar-refractivity contribution in [3.8, 4) is 28.3 Å². The molecule has 4 atom stereocenters. The molecule has 4 aromatic rings. The molecule has 0 saturated carbocycles. The SMILES string of the molecule is C[Si](C)(C)CCOCn1c(O[C@@H]2CO[C@H]3[C@@H]2OC[C@H]3O)cc2nc(-c3ccc(-c4ccc(C(=O)O)cc4)cc3)c(F)cc21. The second-order valence-corrected chi connectivity index (χ2v) is 17.9. The first-order valence-electron chi connectivity index (χ1n) is 14.4. The molecule has 226 valence electrons. The number of hydrogen-bond donors (Lipinski definition) is 2. The molecule has 0 aliphatic carbocycles. The standard InChI is InChI=1S/C32H35FN2O7Si/c1-43(2,3)13-12-39-18-35-25-14-23(33)29(21-8-4-19(5-9-21)20-6-10-22(11-7-20)32(37)38)34-24(25)15-28(35)42-27-17-41-30-26(36)16-40-31(27)30/h4-11,14-15,26-27,30-31,36H,12-13,16-18H2,1-3H3,(H,37,38)/t26-,27-,30-,31-/m1/s1. The van der Waals surface area contributed by atoms with E-state index in [2.05, 4.69) is 24.6 Å². The summed E-state index contributed by atoms with van der Waals surface area (Å²) in [5.74, 6) is -0.997. The molecule has 2 aliphatic rings. The Labute approximate surface area is 249 Å². The Kier molecular flexibility index (Phi) is 8.09. The van der Waals surface area contributed by atoms with Gasteiger partial charge >= 0.3 is 5.97 Å². The third-order valence-corrected chi connectivity index (χ3v) is 9.60. The number of nitrogens with zero attached hydrogens (tertiary/aromatic N) is 2. The van der Waals surface area contributed by atoms with Crippen molar-refractivity contribution in [1.82, 2.24) is 9.55 Å². The van der Waals surface area contributed by atoms with Crippen molar-refractivity contribution in [3.05, 3.63) is 72.0 Å². The average molecular weight is 607 g/mol. The van der Waals surface area contributed by atoms with Crippen LogP contribution in [0.4, 0.5) is 4.39 Å². The summed E-state index contributed by atoms with van der Waals surface area (Å²) in [5.41, 5.74) is 3.84. The predicted molar refractivity (Wildman–Crippen MR) is 162 cm³/mol. The van der Waals surface area contributed by atoms with Crippen molar-refractivity contribution >= 4 is 25.1 Å². The lowest BCUT2D eigenvalue weighted by atomic mass is 10.0. The van der Waals surface area contributed by atoms with Gasteiger partial charge < -0.3 is 29.2 Å². The number of fused-ring (bicyclic) bond motifs is 2. The molecule has 2 saturated heterocycles. The lowest BCUT2D eigenvalue weighted by molar-refractivity contribution is 0.00478. The minimum absolute atomic E-state index is 0.171. The third-order valence-electron chi connectivity index (χ3n) is 7.90. The molecule has 0 radical (unpaired) electrons. The number of carbonyl (C=O) groups is 1. The molecule has 0 bridgehead atoms. The number of carboxylic acids is 1. The molecule has 2 aromatic heterocycles. The van der Waals surface area contributed by atoms with E-state index < -0.39 is 44.3 Å². The number of carboxylic acid groups (broad SMARTS) is 1. The van der Waals surface area contributed by atoms with Crippen LogP contribution in [0.3, 0.4) is 0 Å². The number of aromatic nitrogens is 2. The highest BCUT2D eigenvalue weighted by Crippen LogP contribution is 2.34. The number of benzene rings is 2. The van der Waals surface area contributed by atoms with Crippen molar-refractivity contribution in [2.75, 3.05) is 19.8 Å². The molecule has 2 aliphatic heterocycles. The van der Waals surface area contributed by atoms with Crippen molar-refractivity contribution < 1.29 is 38.3 Å². The molecule has 0 unspecified atom stereocenters. The lowest BCUT2D eigenvalue weighted by Crippen LogP contribution is -2.35. The van der Waals surface area contributed by atoms with Gasteiger partial charge in [0.1, 0.15) is 30.7 Å². The summed E-state index contributed by atoms with van der Waals surface area (Å²) in [5, 5.41) is 19.3. The zero-order valence-electron chi connectivity index (χ0n) is 24.3. The minimum atomic E-state index is -1.30. The Morgan fingerprint density at radius 1 is 1.00 bits per heavy atom. The van der Waals surface area contributed by atoms with E-state index in [1.165, 1.54) is 6.07 Å². The van der Waals surface area contributed by atoms with E-state index in [1.54, 1.807) is 47.0 Å². The van der Waals surface area contributed by atoms with Crippen LogP contribution < -0.4 is 4.74 Å². The van der Waals surface area contributed by atoms with E-state index in [4.69, 9.17) is 24.1 Å². The van der Waals surface area contributed by atoms with Gasteiger partial charge in [0.15, 0.2) is 17.8 Å². The van der Waals surface area contributed by atoms with Crippen molar-refractivity contribution in [2.45, 2.75) is 56.8 Å². The maximum atomic E-state index is 15.6.